The summed E-state index contributed by atoms with van der Waals surface area (Å²) in [6.07, 6.45) is -12.9. The van der Waals surface area contributed by atoms with Crippen molar-refractivity contribution in [1.29, 1.82) is 0 Å². The van der Waals surface area contributed by atoms with Crippen LogP contribution >= 0.6 is 0 Å². The highest BCUT2D eigenvalue weighted by atomic mass is 19.4. The van der Waals surface area contributed by atoms with Gasteiger partial charge < -0.3 is 0 Å². The van der Waals surface area contributed by atoms with Gasteiger partial charge in [-0.2, -0.15) is 48.3 Å². The monoisotopic (exact) mass is 473 g/mol. The summed E-state index contributed by atoms with van der Waals surface area (Å²) in [5, 5.41) is 0. The van der Waals surface area contributed by atoms with Gasteiger partial charge in [-0.3, -0.25) is 18.9 Å². The lowest BCUT2D eigenvalue weighted by Gasteiger charge is -2.38. The first-order valence-corrected chi connectivity index (χ1v) is 7.45. The smallest absolute Gasteiger partial charge is 0.275 e. The van der Waals surface area contributed by atoms with Crippen LogP contribution in [-0.4, -0.2) is 66.5 Å². The highest BCUT2D eigenvalue weighted by Gasteiger charge is 2.88. The highest BCUT2D eigenvalue weighted by Crippen LogP contribution is 2.58. The van der Waals surface area contributed by atoms with Crippen molar-refractivity contribution < 1.29 is 66.7 Å². The van der Waals surface area contributed by atoms with Crippen molar-refractivity contribution in [2.75, 3.05) is 13.7 Å². The van der Waals surface area contributed by atoms with Gasteiger partial charge in [0.05, 0.1) is 7.18 Å². The number of alkyl halides is 13. The van der Waals surface area contributed by atoms with E-state index in [9.17, 15) is 66.7 Å². The molecule has 0 aromatic heterocycles. The van der Waals surface area contributed by atoms with Crippen molar-refractivity contribution in [2.24, 2.45) is 0 Å². The summed E-state index contributed by atoms with van der Waals surface area (Å²) in [6.45, 7) is -0.818. The minimum atomic E-state index is -7.68. The molecule has 1 heterocycles. The number of carbonyl (C=O) groups excluding carboxylic acids is 2. The van der Waals surface area contributed by atoms with E-state index >= 15 is 0 Å². The van der Waals surface area contributed by atoms with E-state index in [1.807, 2.05) is 0 Å². The van der Waals surface area contributed by atoms with Crippen LogP contribution in [0.5, 0.6) is 0 Å². The van der Waals surface area contributed by atoms with Crippen LogP contribution in [0.4, 0.5) is 57.1 Å². The molecule has 3 nitrogen and oxygen atoms in total. The molecule has 30 heavy (non-hydrogen) atoms. The molecule has 0 aromatic carbocycles. The number of amides is 2. The summed E-state index contributed by atoms with van der Waals surface area (Å²) in [6, 6.07) is 0. The minimum absolute atomic E-state index is 0.343. The average molecular weight is 473 g/mol. The van der Waals surface area contributed by atoms with Gasteiger partial charge in [0.15, 0.2) is 6.17 Å². The summed E-state index contributed by atoms with van der Waals surface area (Å²) in [5.41, 5.74) is 0. The second-order valence-electron chi connectivity index (χ2n) is 5.62. The topological polar surface area (TPSA) is 37.4 Å². The van der Waals surface area contributed by atoms with Crippen LogP contribution in [-0.2, 0) is 9.59 Å². The SMILES string of the molecule is CF.O=C1C=CC(=O)N1CCCC(F)C(F)(F)C(F)(F)C(F)(F)C(F)(F)C(F)(F)F. The van der Waals surface area contributed by atoms with Crippen LogP contribution in [0.25, 0.3) is 0 Å². The molecule has 1 aliphatic heterocycles. The first-order valence-electron chi connectivity index (χ1n) is 7.45. The van der Waals surface area contributed by atoms with E-state index < -0.39 is 67.2 Å². The van der Waals surface area contributed by atoms with E-state index in [1.54, 1.807) is 0 Å². The van der Waals surface area contributed by atoms with Gasteiger partial charge in [0, 0.05) is 18.7 Å². The van der Waals surface area contributed by atoms with Crippen LogP contribution < -0.4 is 0 Å². The fourth-order valence-electron chi connectivity index (χ4n) is 2.04. The van der Waals surface area contributed by atoms with Crippen molar-refractivity contribution in [3.63, 3.8) is 0 Å². The number of nitrogens with zero attached hydrogens (tertiary/aromatic N) is 1. The molecule has 0 spiro atoms. The molecule has 0 fully saturated rings. The van der Waals surface area contributed by atoms with Gasteiger partial charge in [-0.25, -0.2) is 4.39 Å². The van der Waals surface area contributed by atoms with Crippen LogP contribution in [0.1, 0.15) is 12.8 Å². The Morgan fingerprint density at radius 2 is 1.17 bits per heavy atom. The van der Waals surface area contributed by atoms with Crippen molar-refractivity contribution in [1.82, 2.24) is 4.90 Å². The quantitative estimate of drug-likeness (QED) is 0.378. The van der Waals surface area contributed by atoms with Crippen LogP contribution in [0.15, 0.2) is 12.2 Å². The second-order valence-corrected chi connectivity index (χ2v) is 5.62. The minimum Gasteiger partial charge on any atom is -0.275 e. The Kier molecular flexibility index (Phi) is 8.39. The number of imide groups is 1. The summed E-state index contributed by atoms with van der Waals surface area (Å²) in [5.74, 6) is -31.3. The van der Waals surface area contributed by atoms with E-state index in [-0.39, 0.29) is 0 Å². The van der Waals surface area contributed by atoms with Gasteiger partial charge in [-0.1, -0.05) is 0 Å². The molecular weight excluding hydrogens is 461 g/mol. The predicted octanol–water partition coefficient (Wildman–Crippen LogP) is 4.72. The summed E-state index contributed by atoms with van der Waals surface area (Å²) < 4.78 is 163. The maximum Gasteiger partial charge on any atom is 0.460 e. The van der Waals surface area contributed by atoms with Gasteiger partial charge in [0.1, 0.15) is 0 Å². The Morgan fingerprint density at radius 1 is 0.767 bits per heavy atom. The second kappa shape index (κ2) is 8.99. The Bertz CT molecular complexity index is 639. The fourth-order valence-corrected chi connectivity index (χ4v) is 2.04. The molecule has 0 aromatic rings. The number of carbonyl (C=O) groups is 2. The lowest BCUT2D eigenvalue weighted by molar-refractivity contribution is -0.426. The predicted molar refractivity (Wildman–Crippen MR) is 72.9 cm³/mol. The summed E-state index contributed by atoms with van der Waals surface area (Å²) in [4.78, 5) is 22.6. The van der Waals surface area contributed by atoms with Crippen molar-refractivity contribution in [3.8, 4) is 0 Å². The third-order valence-corrected chi connectivity index (χ3v) is 3.70. The third-order valence-electron chi connectivity index (χ3n) is 3.70. The molecule has 0 saturated heterocycles. The number of rotatable bonds is 8. The average Bonchev–Trinajstić information content (AvgIpc) is 2.93. The van der Waals surface area contributed by atoms with Crippen molar-refractivity contribution in [2.45, 2.75) is 48.9 Å². The zero-order valence-corrected chi connectivity index (χ0v) is 14.5. The molecule has 0 saturated carbocycles. The van der Waals surface area contributed by atoms with E-state index in [1.165, 1.54) is 0 Å². The number of halogens is 13. The van der Waals surface area contributed by atoms with Gasteiger partial charge in [0.25, 0.3) is 11.8 Å². The first kappa shape index (κ1) is 28.0. The number of hydrogen-bond acceptors (Lipinski definition) is 2. The normalized spacial score (nSPS) is 17.2. The molecule has 0 aliphatic carbocycles. The molecule has 16 heteroatoms. The fraction of sp³-hybridized carbons (Fsp3) is 0.714. The molecule has 0 radical (unpaired) electrons. The zero-order chi connectivity index (χ0) is 24.3. The molecule has 0 bridgehead atoms. The maximum atomic E-state index is 13.5. The Balaban J connectivity index is 0.00000407. The Hall–Kier alpha value is -2.03. The lowest BCUT2D eigenvalue weighted by atomic mass is 9.93. The van der Waals surface area contributed by atoms with Gasteiger partial charge in [-0.05, 0) is 12.8 Å². The summed E-state index contributed by atoms with van der Waals surface area (Å²) >= 11 is 0. The first-order chi connectivity index (χ1) is 13.3. The van der Waals surface area contributed by atoms with Gasteiger partial charge in [0.2, 0.25) is 0 Å². The molecule has 1 atom stereocenters. The maximum absolute atomic E-state index is 13.5. The van der Waals surface area contributed by atoms with Crippen LogP contribution in [0.2, 0.25) is 0 Å². The summed E-state index contributed by atoms with van der Waals surface area (Å²) in [7, 11) is 0.500. The molecule has 2 amide bonds. The van der Waals surface area contributed by atoms with E-state index in [0.29, 0.717) is 12.1 Å². The lowest BCUT2D eigenvalue weighted by Crippen LogP contribution is -2.68. The van der Waals surface area contributed by atoms with E-state index in [4.69, 9.17) is 0 Å². The Morgan fingerprint density at radius 3 is 1.53 bits per heavy atom. The van der Waals surface area contributed by atoms with Crippen molar-refractivity contribution >= 4 is 11.8 Å². The standard InChI is InChI=1S/C13H9F12NO2.CH3F/c14-6(2-1-5-26-7(27)3-4-8(26)28)9(15,16)10(17,18)11(19,20)12(21,22)13(23,24)25;1-2/h3-4,6H,1-2,5H2;1H3. The molecule has 1 unspecified atom stereocenters. The van der Waals surface area contributed by atoms with E-state index in [2.05, 4.69) is 0 Å². The van der Waals surface area contributed by atoms with Gasteiger partial charge >= 0.3 is 29.9 Å². The number of hydrogen-bond donors (Lipinski definition) is 0. The Labute approximate surface area is 159 Å². The largest absolute Gasteiger partial charge is 0.460 e. The van der Waals surface area contributed by atoms with Gasteiger partial charge in [-0.15, -0.1) is 0 Å². The van der Waals surface area contributed by atoms with Crippen LogP contribution in [0.3, 0.4) is 0 Å². The molecule has 1 rings (SSSR count). The van der Waals surface area contributed by atoms with E-state index in [0.717, 1.165) is 12.2 Å². The highest BCUT2D eigenvalue weighted by molar-refractivity contribution is 6.12. The molecule has 1 aliphatic rings. The van der Waals surface area contributed by atoms with Crippen LogP contribution in [0, 0.1) is 0 Å². The van der Waals surface area contributed by atoms with Crippen molar-refractivity contribution in [3.05, 3.63) is 12.2 Å². The zero-order valence-electron chi connectivity index (χ0n) is 14.5. The molecular formula is C14H12F13NO2. The molecule has 176 valence electrons. The third kappa shape index (κ3) is 4.66. The molecule has 0 N–H and O–H groups in total.